The van der Waals surface area contributed by atoms with Crippen molar-refractivity contribution in [3.63, 3.8) is 0 Å². The maximum atomic E-state index is 12.9. The summed E-state index contributed by atoms with van der Waals surface area (Å²) in [6.07, 6.45) is 2.54. The first-order valence-corrected chi connectivity index (χ1v) is 7.00. The number of carbonyl (C=O) groups is 1. The van der Waals surface area contributed by atoms with Gasteiger partial charge >= 0.3 is 0 Å². The maximum Gasteiger partial charge on any atom is 0.255 e. The summed E-state index contributed by atoms with van der Waals surface area (Å²) >= 11 is 0. The van der Waals surface area contributed by atoms with Gasteiger partial charge in [0.2, 0.25) is 0 Å². The summed E-state index contributed by atoms with van der Waals surface area (Å²) in [6, 6.07) is 5.93. The lowest BCUT2D eigenvalue weighted by Gasteiger charge is -2.06. The summed E-state index contributed by atoms with van der Waals surface area (Å²) in [4.78, 5) is 12.1. The molecule has 0 aliphatic heterocycles. The third-order valence-electron chi connectivity index (χ3n) is 3.03. The molecule has 3 N–H and O–H groups in total. The van der Waals surface area contributed by atoms with Gasteiger partial charge in [0, 0.05) is 18.7 Å². The second kappa shape index (κ2) is 7.54. The van der Waals surface area contributed by atoms with Gasteiger partial charge < -0.3 is 10.6 Å². The van der Waals surface area contributed by atoms with E-state index in [0.29, 0.717) is 17.8 Å². The molecule has 1 aromatic carbocycles. The average molecular weight is 290 g/mol. The van der Waals surface area contributed by atoms with Crippen LogP contribution in [0, 0.1) is 5.82 Å². The molecule has 0 fully saturated rings. The van der Waals surface area contributed by atoms with Gasteiger partial charge in [-0.2, -0.15) is 5.10 Å². The van der Waals surface area contributed by atoms with Crippen LogP contribution in [0.25, 0.3) is 11.3 Å². The van der Waals surface area contributed by atoms with E-state index < -0.39 is 0 Å². The summed E-state index contributed by atoms with van der Waals surface area (Å²) < 4.78 is 12.9. The molecule has 2 aromatic rings. The zero-order chi connectivity index (χ0) is 15.1. The molecule has 21 heavy (non-hydrogen) atoms. The molecule has 0 unspecified atom stereocenters. The number of benzene rings is 1. The highest BCUT2D eigenvalue weighted by atomic mass is 19.1. The number of amides is 1. The molecule has 5 nitrogen and oxygen atoms in total. The van der Waals surface area contributed by atoms with E-state index in [2.05, 4.69) is 27.8 Å². The van der Waals surface area contributed by atoms with Gasteiger partial charge in [-0.1, -0.05) is 6.92 Å². The Kier molecular flexibility index (Phi) is 5.45. The molecule has 112 valence electrons. The van der Waals surface area contributed by atoms with Crippen molar-refractivity contribution in [1.29, 1.82) is 0 Å². The van der Waals surface area contributed by atoms with Gasteiger partial charge in [-0.25, -0.2) is 4.39 Å². The van der Waals surface area contributed by atoms with Gasteiger partial charge in [0.05, 0.1) is 17.5 Å². The molecule has 1 aromatic heterocycles. The van der Waals surface area contributed by atoms with Crippen LogP contribution in [0.5, 0.6) is 0 Å². The molecule has 0 aliphatic carbocycles. The highest BCUT2D eigenvalue weighted by molar-refractivity contribution is 5.99. The first kappa shape index (κ1) is 15.2. The number of aromatic amines is 1. The van der Waals surface area contributed by atoms with Crippen molar-refractivity contribution in [2.45, 2.75) is 13.3 Å². The molecule has 6 heteroatoms. The van der Waals surface area contributed by atoms with Gasteiger partial charge in [-0.15, -0.1) is 0 Å². The van der Waals surface area contributed by atoms with E-state index in [9.17, 15) is 9.18 Å². The molecule has 1 amide bonds. The Balaban J connectivity index is 1.99. The minimum Gasteiger partial charge on any atom is -0.351 e. The number of carbonyl (C=O) groups excluding carboxylic acids is 1. The molecule has 0 atom stereocenters. The molecule has 0 saturated carbocycles. The van der Waals surface area contributed by atoms with Crippen molar-refractivity contribution in [2.75, 3.05) is 19.6 Å². The lowest BCUT2D eigenvalue weighted by molar-refractivity contribution is 0.0954. The SMILES string of the molecule is CCCNCCNC(=O)c1cn[nH]c1-c1ccc(F)cc1. The standard InChI is InChI=1S/C15H19FN4O/c1-2-7-17-8-9-18-15(21)13-10-19-20-14(13)11-3-5-12(16)6-4-11/h3-6,10,17H,2,7-9H2,1H3,(H,18,21)(H,19,20). The summed E-state index contributed by atoms with van der Waals surface area (Å²) in [7, 11) is 0. The number of rotatable bonds is 7. The number of aromatic nitrogens is 2. The van der Waals surface area contributed by atoms with Gasteiger partial charge in [0.1, 0.15) is 5.82 Å². The Labute approximate surface area is 123 Å². The Morgan fingerprint density at radius 2 is 2.00 bits per heavy atom. The van der Waals surface area contributed by atoms with Crippen molar-refractivity contribution >= 4 is 5.91 Å². The minimum atomic E-state index is -0.314. The summed E-state index contributed by atoms with van der Waals surface area (Å²) in [5.74, 6) is -0.507. The fourth-order valence-corrected chi connectivity index (χ4v) is 1.96. The summed E-state index contributed by atoms with van der Waals surface area (Å²) in [5.41, 5.74) is 1.77. The van der Waals surface area contributed by atoms with E-state index in [4.69, 9.17) is 0 Å². The first-order chi connectivity index (χ1) is 10.2. The quantitative estimate of drug-likeness (QED) is 0.683. The van der Waals surface area contributed by atoms with Crippen molar-refractivity contribution in [3.8, 4) is 11.3 Å². The van der Waals surface area contributed by atoms with Crippen molar-refractivity contribution in [2.24, 2.45) is 0 Å². The van der Waals surface area contributed by atoms with Gasteiger partial charge in [-0.05, 0) is 37.2 Å². The normalized spacial score (nSPS) is 10.6. The van der Waals surface area contributed by atoms with Crippen LogP contribution < -0.4 is 10.6 Å². The van der Waals surface area contributed by atoms with Crippen LogP contribution >= 0.6 is 0 Å². The van der Waals surface area contributed by atoms with E-state index in [1.165, 1.54) is 18.3 Å². The topological polar surface area (TPSA) is 69.8 Å². The van der Waals surface area contributed by atoms with Crippen LogP contribution in [0.3, 0.4) is 0 Å². The maximum absolute atomic E-state index is 12.9. The zero-order valence-corrected chi connectivity index (χ0v) is 11.9. The first-order valence-electron chi connectivity index (χ1n) is 7.00. The third-order valence-corrected chi connectivity index (χ3v) is 3.03. The van der Waals surface area contributed by atoms with E-state index in [1.54, 1.807) is 12.1 Å². The van der Waals surface area contributed by atoms with Crippen molar-refractivity contribution < 1.29 is 9.18 Å². The average Bonchev–Trinajstić information content (AvgIpc) is 2.97. The van der Waals surface area contributed by atoms with Gasteiger partial charge in [0.15, 0.2) is 0 Å². The summed E-state index contributed by atoms with van der Waals surface area (Å²) in [5, 5.41) is 12.7. The lowest BCUT2D eigenvalue weighted by atomic mass is 10.1. The Hall–Kier alpha value is -2.21. The summed E-state index contributed by atoms with van der Waals surface area (Å²) in [6.45, 7) is 4.30. The van der Waals surface area contributed by atoms with Crippen molar-refractivity contribution in [3.05, 3.63) is 41.8 Å². The molecule has 1 heterocycles. The molecule has 2 rings (SSSR count). The Morgan fingerprint density at radius 1 is 1.24 bits per heavy atom. The number of hydrogen-bond acceptors (Lipinski definition) is 3. The zero-order valence-electron chi connectivity index (χ0n) is 11.9. The second-order valence-corrected chi connectivity index (χ2v) is 4.67. The molecular weight excluding hydrogens is 271 g/mol. The van der Waals surface area contributed by atoms with E-state index in [0.717, 1.165) is 25.1 Å². The lowest BCUT2D eigenvalue weighted by Crippen LogP contribution is -2.32. The smallest absolute Gasteiger partial charge is 0.255 e. The second-order valence-electron chi connectivity index (χ2n) is 4.67. The Morgan fingerprint density at radius 3 is 2.71 bits per heavy atom. The number of H-pyrrole nitrogens is 1. The highest BCUT2D eigenvalue weighted by Gasteiger charge is 2.14. The van der Waals surface area contributed by atoms with Crippen LogP contribution in [-0.4, -0.2) is 35.7 Å². The molecule has 0 aliphatic rings. The molecular formula is C15H19FN4O. The number of nitrogens with zero attached hydrogens (tertiary/aromatic N) is 1. The third kappa shape index (κ3) is 4.13. The molecule has 0 saturated heterocycles. The monoisotopic (exact) mass is 290 g/mol. The van der Waals surface area contributed by atoms with Gasteiger partial charge in [0.25, 0.3) is 5.91 Å². The van der Waals surface area contributed by atoms with Crippen molar-refractivity contribution in [1.82, 2.24) is 20.8 Å². The molecule has 0 spiro atoms. The highest BCUT2D eigenvalue weighted by Crippen LogP contribution is 2.21. The van der Waals surface area contributed by atoms with Gasteiger partial charge in [-0.3, -0.25) is 9.89 Å². The predicted octanol–water partition coefficient (Wildman–Crippen LogP) is 1.95. The van der Waals surface area contributed by atoms with Crippen LogP contribution in [-0.2, 0) is 0 Å². The molecule has 0 bridgehead atoms. The van der Waals surface area contributed by atoms with E-state index in [1.807, 2.05) is 0 Å². The van der Waals surface area contributed by atoms with Crippen LogP contribution in [0.4, 0.5) is 4.39 Å². The van der Waals surface area contributed by atoms with E-state index >= 15 is 0 Å². The minimum absolute atomic E-state index is 0.193. The predicted molar refractivity (Wildman–Crippen MR) is 79.5 cm³/mol. The fourth-order valence-electron chi connectivity index (χ4n) is 1.96. The largest absolute Gasteiger partial charge is 0.351 e. The Bertz CT molecular complexity index is 580. The number of halogens is 1. The van der Waals surface area contributed by atoms with Crippen LogP contribution in [0.1, 0.15) is 23.7 Å². The number of hydrogen-bond donors (Lipinski definition) is 3. The molecule has 0 radical (unpaired) electrons. The van der Waals surface area contributed by atoms with E-state index in [-0.39, 0.29) is 11.7 Å². The van der Waals surface area contributed by atoms with Crippen LogP contribution in [0.2, 0.25) is 0 Å². The fraction of sp³-hybridized carbons (Fsp3) is 0.333. The number of nitrogens with one attached hydrogen (secondary N) is 3. The van der Waals surface area contributed by atoms with Crippen LogP contribution in [0.15, 0.2) is 30.5 Å².